The number of piperidine rings is 1. The summed E-state index contributed by atoms with van der Waals surface area (Å²) in [6, 6.07) is 4.48. The van der Waals surface area contributed by atoms with Crippen LogP contribution in [0.1, 0.15) is 35.2 Å². The molecule has 1 aromatic carbocycles. The van der Waals surface area contributed by atoms with Gasteiger partial charge in [-0.05, 0) is 30.2 Å². The second kappa shape index (κ2) is 6.57. The maximum absolute atomic E-state index is 12.6. The largest absolute Gasteiger partial charge is 0.489 e. The van der Waals surface area contributed by atoms with Crippen LogP contribution in [0.2, 0.25) is 0 Å². The normalized spacial score (nSPS) is 24.8. The summed E-state index contributed by atoms with van der Waals surface area (Å²) in [5, 5.41) is 11.3. The minimum atomic E-state index is -0.958. The van der Waals surface area contributed by atoms with Crippen LogP contribution in [0.4, 0.5) is 4.79 Å². The molecule has 9 nitrogen and oxygen atoms in total. The van der Waals surface area contributed by atoms with Crippen molar-refractivity contribution in [1.82, 2.24) is 15.1 Å². The van der Waals surface area contributed by atoms with Crippen molar-refractivity contribution in [3.05, 3.63) is 29.3 Å². The van der Waals surface area contributed by atoms with Gasteiger partial charge in [0, 0.05) is 31.5 Å². The van der Waals surface area contributed by atoms with Gasteiger partial charge in [-0.25, -0.2) is 4.79 Å². The van der Waals surface area contributed by atoms with Crippen molar-refractivity contribution in [2.24, 2.45) is 0 Å². The standard InChI is InChI=1S/C18H19N3O6/c22-15-4-3-14(16(23)19-15)21-8-10-7-11(1-2-13(10)17(21)24)27-12-5-6-20(9-12)18(25)26/h1-2,7,12,14H,3-6,8-9H2,(H,25,26)(H,19,22,23)/t12-,14-/m0/s1. The molecule has 142 valence electrons. The van der Waals surface area contributed by atoms with Gasteiger partial charge in [-0.15, -0.1) is 0 Å². The van der Waals surface area contributed by atoms with E-state index in [1.165, 1.54) is 9.80 Å². The van der Waals surface area contributed by atoms with Crippen LogP contribution in [0.25, 0.3) is 0 Å². The number of hydrogen-bond donors (Lipinski definition) is 2. The molecule has 0 aromatic heterocycles. The van der Waals surface area contributed by atoms with Crippen molar-refractivity contribution in [2.45, 2.75) is 38.0 Å². The Kier molecular flexibility index (Phi) is 4.21. The molecule has 2 saturated heterocycles. The van der Waals surface area contributed by atoms with Crippen LogP contribution >= 0.6 is 0 Å². The van der Waals surface area contributed by atoms with Gasteiger partial charge in [-0.3, -0.25) is 19.7 Å². The Morgan fingerprint density at radius 2 is 2.04 bits per heavy atom. The Bertz CT molecular complexity index is 838. The Hall–Kier alpha value is -3.10. The van der Waals surface area contributed by atoms with E-state index in [0.717, 1.165) is 5.56 Å². The highest BCUT2D eigenvalue weighted by atomic mass is 16.5. The first-order chi connectivity index (χ1) is 12.9. The highest BCUT2D eigenvalue weighted by molar-refractivity contribution is 6.05. The summed E-state index contributed by atoms with van der Waals surface area (Å²) in [6.07, 6.45) is -0.0267. The van der Waals surface area contributed by atoms with E-state index >= 15 is 0 Å². The molecule has 0 radical (unpaired) electrons. The molecule has 2 N–H and O–H groups in total. The lowest BCUT2D eigenvalue weighted by molar-refractivity contribution is -0.136. The third kappa shape index (κ3) is 3.20. The molecule has 0 unspecified atom stereocenters. The zero-order valence-corrected chi connectivity index (χ0v) is 14.5. The number of rotatable bonds is 3. The molecular formula is C18H19N3O6. The third-order valence-electron chi connectivity index (χ3n) is 5.21. The summed E-state index contributed by atoms with van der Waals surface area (Å²) in [6.45, 7) is 1.03. The molecule has 3 heterocycles. The van der Waals surface area contributed by atoms with Crippen molar-refractivity contribution in [1.29, 1.82) is 0 Å². The quantitative estimate of drug-likeness (QED) is 0.749. The van der Waals surface area contributed by atoms with E-state index in [2.05, 4.69) is 5.32 Å². The number of benzene rings is 1. The van der Waals surface area contributed by atoms with Crippen molar-refractivity contribution in [3.63, 3.8) is 0 Å². The molecule has 0 saturated carbocycles. The molecule has 0 bridgehead atoms. The van der Waals surface area contributed by atoms with Crippen molar-refractivity contribution in [3.8, 4) is 5.75 Å². The fourth-order valence-corrected chi connectivity index (χ4v) is 3.81. The highest BCUT2D eigenvalue weighted by Crippen LogP contribution is 2.31. The highest BCUT2D eigenvalue weighted by Gasteiger charge is 2.39. The Balaban J connectivity index is 1.46. The van der Waals surface area contributed by atoms with E-state index in [9.17, 15) is 19.2 Å². The maximum Gasteiger partial charge on any atom is 0.407 e. The smallest absolute Gasteiger partial charge is 0.407 e. The van der Waals surface area contributed by atoms with E-state index in [1.54, 1.807) is 18.2 Å². The molecule has 9 heteroatoms. The van der Waals surface area contributed by atoms with Crippen LogP contribution in [0.3, 0.4) is 0 Å². The minimum Gasteiger partial charge on any atom is -0.489 e. The molecule has 27 heavy (non-hydrogen) atoms. The molecule has 0 aliphatic carbocycles. The summed E-state index contributed by atoms with van der Waals surface area (Å²) in [7, 11) is 0. The van der Waals surface area contributed by atoms with E-state index in [-0.39, 0.29) is 30.9 Å². The predicted molar refractivity (Wildman–Crippen MR) is 91.1 cm³/mol. The lowest BCUT2D eigenvalue weighted by Gasteiger charge is -2.29. The van der Waals surface area contributed by atoms with Crippen LogP contribution in [-0.4, -0.2) is 64.0 Å². The second-order valence-corrected chi connectivity index (χ2v) is 6.98. The number of amides is 4. The molecule has 2 fully saturated rings. The number of nitrogens with one attached hydrogen (secondary N) is 1. The number of carbonyl (C=O) groups is 4. The number of imide groups is 1. The zero-order valence-electron chi connectivity index (χ0n) is 14.5. The summed E-state index contributed by atoms with van der Waals surface area (Å²) in [5.41, 5.74) is 1.28. The molecule has 0 spiro atoms. The molecular weight excluding hydrogens is 354 g/mol. The van der Waals surface area contributed by atoms with Gasteiger partial charge in [-0.1, -0.05) is 0 Å². The Morgan fingerprint density at radius 3 is 2.74 bits per heavy atom. The minimum absolute atomic E-state index is 0.215. The average molecular weight is 373 g/mol. The molecule has 3 aliphatic heterocycles. The molecule has 1 aromatic rings. The SMILES string of the molecule is O=C1CC[C@H](N2Cc3cc(O[C@H]4CCN(C(=O)O)C4)ccc3C2=O)C(=O)N1. The Morgan fingerprint density at radius 1 is 1.22 bits per heavy atom. The van der Waals surface area contributed by atoms with Crippen LogP contribution in [0, 0.1) is 0 Å². The van der Waals surface area contributed by atoms with Crippen LogP contribution < -0.4 is 10.1 Å². The van der Waals surface area contributed by atoms with E-state index in [4.69, 9.17) is 9.84 Å². The number of likely N-dealkylation sites (tertiary alicyclic amines) is 1. The van der Waals surface area contributed by atoms with Crippen molar-refractivity contribution >= 4 is 23.8 Å². The van der Waals surface area contributed by atoms with E-state index in [1.807, 2.05) is 0 Å². The zero-order chi connectivity index (χ0) is 19.1. The fourth-order valence-electron chi connectivity index (χ4n) is 3.81. The number of hydrogen-bond acceptors (Lipinski definition) is 5. The van der Waals surface area contributed by atoms with E-state index < -0.39 is 18.0 Å². The monoisotopic (exact) mass is 373 g/mol. The molecule has 4 rings (SSSR count). The van der Waals surface area contributed by atoms with Gasteiger partial charge in [0.15, 0.2) is 0 Å². The van der Waals surface area contributed by atoms with Gasteiger partial charge in [0.1, 0.15) is 17.9 Å². The molecule has 2 atom stereocenters. The van der Waals surface area contributed by atoms with Gasteiger partial charge in [-0.2, -0.15) is 0 Å². The molecule has 3 aliphatic rings. The lowest BCUT2D eigenvalue weighted by Crippen LogP contribution is -2.52. The van der Waals surface area contributed by atoms with Crippen LogP contribution in [-0.2, 0) is 16.1 Å². The van der Waals surface area contributed by atoms with Crippen LogP contribution in [0.15, 0.2) is 18.2 Å². The number of carboxylic acid groups (broad SMARTS) is 1. The van der Waals surface area contributed by atoms with Crippen LogP contribution in [0.5, 0.6) is 5.75 Å². The summed E-state index contributed by atoms with van der Waals surface area (Å²) in [5.74, 6) is -0.417. The fraction of sp³-hybridized carbons (Fsp3) is 0.444. The van der Waals surface area contributed by atoms with Gasteiger partial charge < -0.3 is 19.6 Å². The molecule has 4 amide bonds. The average Bonchev–Trinajstić information content (AvgIpc) is 3.20. The first-order valence-electron chi connectivity index (χ1n) is 8.84. The third-order valence-corrected chi connectivity index (χ3v) is 5.21. The van der Waals surface area contributed by atoms with Crippen molar-refractivity contribution < 1.29 is 29.0 Å². The summed E-state index contributed by atoms with van der Waals surface area (Å²) >= 11 is 0. The number of fused-ring (bicyclic) bond motifs is 1. The van der Waals surface area contributed by atoms with Gasteiger partial charge >= 0.3 is 6.09 Å². The number of ether oxygens (including phenoxy) is 1. The predicted octanol–water partition coefficient (Wildman–Crippen LogP) is 0.579. The lowest BCUT2D eigenvalue weighted by atomic mass is 10.0. The topological polar surface area (TPSA) is 116 Å². The maximum atomic E-state index is 12.6. The van der Waals surface area contributed by atoms with E-state index in [0.29, 0.717) is 37.2 Å². The number of carbonyl (C=O) groups excluding carboxylic acids is 3. The summed E-state index contributed by atoms with van der Waals surface area (Å²) in [4.78, 5) is 49.8. The van der Waals surface area contributed by atoms with Crippen molar-refractivity contribution in [2.75, 3.05) is 13.1 Å². The Labute approximate surface area is 154 Å². The second-order valence-electron chi connectivity index (χ2n) is 6.98. The first kappa shape index (κ1) is 17.3. The summed E-state index contributed by atoms with van der Waals surface area (Å²) < 4.78 is 5.87. The van der Waals surface area contributed by atoms with Gasteiger partial charge in [0.2, 0.25) is 11.8 Å². The number of nitrogens with zero attached hydrogens (tertiary/aromatic N) is 2. The van der Waals surface area contributed by atoms with Gasteiger partial charge in [0.25, 0.3) is 5.91 Å². The first-order valence-corrected chi connectivity index (χ1v) is 8.84. The van der Waals surface area contributed by atoms with Gasteiger partial charge in [0.05, 0.1) is 6.54 Å².